The summed E-state index contributed by atoms with van der Waals surface area (Å²) in [6, 6.07) is 20.4. The first-order valence-electron chi connectivity index (χ1n) is 12.0. The number of rotatable bonds is 6. The zero-order chi connectivity index (χ0) is 25.6. The van der Waals surface area contributed by atoms with Crippen LogP contribution in [0.15, 0.2) is 78.6 Å². The topological polar surface area (TPSA) is 89.1 Å². The minimum atomic E-state index is -0.347. The van der Waals surface area contributed by atoms with Gasteiger partial charge in [-0.1, -0.05) is 18.2 Å². The van der Waals surface area contributed by atoms with Crippen LogP contribution >= 0.6 is 0 Å². The van der Waals surface area contributed by atoms with Gasteiger partial charge in [0, 0.05) is 36.1 Å². The molecule has 1 fully saturated rings. The molecule has 0 bridgehead atoms. The second kappa shape index (κ2) is 11.0. The van der Waals surface area contributed by atoms with Gasteiger partial charge in [-0.3, -0.25) is 9.59 Å². The van der Waals surface area contributed by atoms with Crippen LogP contribution in [0, 0.1) is 0 Å². The highest BCUT2D eigenvalue weighted by molar-refractivity contribution is 6.08. The molecule has 0 radical (unpaired) electrons. The Morgan fingerprint density at radius 3 is 2.62 bits per heavy atom. The van der Waals surface area contributed by atoms with E-state index in [4.69, 9.17) is 14.2 Å². The van der Waals surface area contributed by atoms with Crippen molar-refractivity contribution < 1.29 is 23.8 Å². The standard InChI is InChI=1S/C29H27N3O5/c1-35-25-12-6-20(18-21(25)19-27-29(34)31-24-4-2-3-5-26(24)37-27)7-13-28(33)30-22-8-10-23(11-9-22)32-14-16-36-17-15-32/h2-13,18-19H,14-17H2,1H3,(H,30,33)(H,31,34)/b13-7+,27-19-. The number of fused-ring (bicyclic) bond motifs is 1. The lowest BCUT2D eigenvalue weighted by Crippen LogP contribution is -2.36. The number of hydrogen-bond acceptors (Lipinski definition) is 6. The molecule has 0 spiro atoms. The molecular weight excluding hydrogens is 470 g/mol. The monoisotopic (exact) mass is 497 g/mol. The van der Waals surface area contributed by atoms with Crippen LogP contribution in [0.5, 0.6) is 11.5 Å². The highest BCUT2D eigenvalue weighted by atomic mass is 16.5. The smallest absolute Gasteiger partial charge is 0.291 e. The minimum absolute atomic E-state index is 0.149. The van der Waals surface area contributed by atoms with Crippen molar-refractivity contribution in [3.05, 3.63) is 89.7 Å². The van der Waals surface area contributed by atoms with Crippen LogP contribution in [0.1, 0.15) is 11.1 Å². The highest BCUT2D eigenvalue weighted by Crippen LogP contribution is 2.32. The Morgan fingerprint density at radius 2 is 1.84 bits per heavy atom. The third-order valence-electron chi connectivity index (χ3n) is 6.06. The lowest BCUT2D eigenvalue weighted by atomic mass is 10.1. The van der Waals surface area contributed by atoms with Gasteiger partial charge in [0.25, 0.3) is 5.91 Å². The molecule has 3 aromatic carbocycles. The number of carbonyl (C=O) groups is 2. The predicted molar refractivity (Wildman–Crippen MR) is 144 cm³/mol. The van der Waals surface area contributed by atoms with E-state index in [0.717, 1.165) is 37.6 Å². The zero-order valence-electron chi connectivity index (χ0n) is 20.4. The number of nitrogens with zero attached hydrogens (tertiary/aromatic N) is 1. The molecular formula is C29H27N3O5. The first-order valence-corrected chi connectivity index (χ1v) is 12.0. The lowest BCUT2D eigenvalue weighted by Gasteiger charge is -2.28. The van der Waals surface area contributed by atoms with E-state index in [2.05, 4.69) is 15.5 Å². The van der Waals surface area contributed by atoms with Gasteiger partial charge >= 0.3 is 0 Å². The molecule has 5 rings (SSSR count). The maximum Gasteiger partial charge on any atom is 0.291 e. The number of para-hydroxylation sites is 2. The summed E-state index contributed by atoms with van der Waals surface area (Å²) in [4.78, 5) is 27.3. The number of anilines is 3. The van der Waals surface area contributed by atoms with Crippen molar-refractivity contribution in [3.63, 3.8) is 0 Å². The predicted octanol–water partition coefficient (Wildman–Crippen LogP) is 4.56. The molecule has 2 amide bonds. The van der Waals surface area contributed by atoms with E-state index < -0.39 is 0 Å². The third kappa shape index (κ3) is 5.82. The van der Waals surface area contributed by atoms with Gasteiger partial charge in [0.1, 0.15) is 5.75 Å². The average molecular weight is 498 g/mol. The number of carbonyl (C=O) groups excluding carboxylic acids is 2. The Bertz CT molecular complexity index is 1360. The fraction of sp³-hybridized carbons (Fsp3) is 0.172. The van der Waals surface area contributed by atoms with Crippen LogP contribution in [-0.2, 0) is 14.3 Å². The van der Waals surface area contributed by atoms with Crippen molar-refractivity contribution in [3.8, 4) is 11.5 Å². The fourth-order valence-electron chi connectivity index (χ4n) is 4.15. The Morgan fingerprint density at radius 1 is 1.05 bits per heavy atom. The molecule has 2 heterocycles. The molecule has 2 aliphatic rings. The molecule has 2 aliphatic heterocycles. The maximum atomic E-state index is 12.5. The van der Waals surface area contributed by atoms with Gasteiger partial charge in [-0.25, -0.2) is 0 Å². The number of methoxy groups -OCH3 is 1. The van der Waals surface area contributed by atoms with E-state index in [1.54, 1.807) is 37.5 Å². The van der Waals surface area contributed by atoms with Crippen molar-refractivity contribution in [1.82, 2.24) is 0 Å². The van der Waals surface area contributed by atoms with E-state index >= 15 is 0 Å². The van der Waals surface area contributed by atoms with Gasteiger partial charge in [0.05, 0.1) is 26.0 Å². The normalized spacial score (nSPS) is 16.2. The largest absolute Gasteiger partial charge is 0.496 e. The van der Waals surface area contributed by atoms with Gasteiger partial charge < -0.3 is 29.7 Å². The molecule has 0 aliphatic carbocycles. The summed E-state index contributed by atoms with van der Waals surface area (Å²) in [6.45, 7) is 3.17. The number of nitrogens with one attached hydrogen (secondary N) is 2. The second-order valence-electron chi connectivity index (χ2n) is 8.53. The van der Waals surface area contributed by atoms with Crippen LogP contribution in [0.4, 0.5) is 17.1 Å². The summed E-state index contributed by atoms with van der Waals surface area (Å²) in [5, 5.41) is 5.70. The lowest BCUT2D eigenvalue weighted by molar-refractivity contribution is -0.115. The van der Waals surface area contributed by atoms with Crippen molar-refractivity contribution in [2.75, 3.05) is 48.9 Å². The molecule has 0 unspecified atom stereocenters. The van der Waals surface area contributed by atoms with E-state index in [-0.39, 0.29) is 17.6 Å². The first-order chi connectivity index (χ1) is 18.1. The molecule has 3 aromatic rings. The SMILES string of the molecule is COc1ccc(/C=C/C(=O)Nc2ccc(N3CCOCC3)cc2)cc1/C=C1\Oc2ccccc2NC1=O. The number of hydrogen-bond donors (Lipinski definition) is 2. The highest BCUT2D eigenvalue weighted by Gasteiger charge is 2.22. The van der Waals surface area contributed by atoms with Gasteiger partial charge in [0.2, 0.25) is 5.91 Å². The summed E-state index contributed by atoms with van der Waals surface area (Å²) in [5.41, 5.74) is 3.86. The zero-order valence-corrected chi connectivity index (χ0v) is 20.4. The Balaban J connectivity index is 1.27. The van der Waals surface area contributed by atoms with Crippen LogP contribution in [0.3, 0.4) is 0 Å². The van der Waals surface area contributed by atoms with Crippen molar-refractivity contribution >= 4 is 41.0 Å². The van der Waals surface area contributed by atoms with Gasteiger partial charge in [0.15, 0.2) is 11.5 Å². The van der Waals surface area contributed by atoms with Gasteiger partial charge in [-0.2, -0.15) is 0 Å². The minimum Gasteiger partial charge on any atom is -0.496 e. The summed E-state index contributed by atoms with van der Waals surface area (Å²) in [5.74, 6) is 0.696. The van der Waals surface area contributed by atoms with Crippen molar-refractivity contribution in [1.29, 1.82) is 0 Å². The number of morpholine rings is 1. The first kappa shape index (κ1) is 24.1. The van der Waals surface area contributed by atoms with E-state index in [1.807, 2.05) is 48.5 Å². The Hall–Kier alpha value is -4.56. The average Bonchev–Trinajstić information content (AvgIpc) is 2.93. The van der Waals surface area contributed by atoms with E-state index in [0.29, 0.717) is 28.4 Å². The van der Waals surface area contributed by atoms with Crippen molar-refractivity contribution in [2.24, 2.45) is 0 Å². The molecule has 188 valence electrons. The van der Waals surface area contributed by atoms with Gasteiger partial charge in [-0.05, 0) is 66.2 Å². The summed E-state index contributed by atoms with van der Waals surface area (Å²) >= 11 is 0. The molecule has 8 heteroatoms. The quantitative estimate of drug-likeness (QED) is 0.486. The summed E-state index contributed by atoms with van der Waals surface area (Å²) in [7, 11) is 1.56. The molecule has 2 N–H and O–H groups in total. The van der Waals surface area contributed by atoms with Crippen LogP contribution in [-0.4, -0.2) is 45.2 Å². The molecule has 8 nitrogen and oxygen atoms in total. The Kier molecular flexibility index (Phi) is 7.19. The summed E-state index contributed by atoms with van der Waals surface area (Å²) in [6.07, 6.45) is 4.79. The number of ether oxygens (including phenoxy) is 3. The molecule has 0 aromatic heterocycles. The fourth-order valence-corrected chi connectivity index (χ4v) is 4.15. The third-order valence-corrected chi connectivity index (χ3v) is 6.06. The molecule has 0 atom stereocenters. The second-order valence-corrected chi connectivity index (χ2v) is 8.53. The van der Waals surface area contributed by atoms with Crippen LogP contribution in [0.25, 0.3) is 12.2 Å². The number of amides is 2. The summed E-state index contributed by atoms with van der Waals surface area (Å²) < 4.78 is 16.7. The molecule has 0 saturated carbocycles. The van der Waals surface area contributed by atoms with Crippen molar-refractivity contribution in [2.45, 2.75) is 0 Å². The maximum absolute atomic E-state index is 12.5. The van der Waals surface area contributed by atoms with E-state index in [1.165, 1.54) is 6.08 Å². The van der Waals surface area contributed by atoms with E-state index in [9.17, 15) is 9.59 Å². The molecule has 37 heavy (non-hydrogen) atoms. The molecule has 1 saturated heterocycles. The Labute approximate surface area is 215 Å². The van der Waals surface area contributed by atoms with Crippen LogP contribution < -0.4 is 25.0 Å². The van der Waals surface area contributed by atoms with Gasteiger partial charge in [-0.15, -0.1) is 0 Å². The van der Waals surface area contributed by atoms with Crippen LogP contribution in [0.2, 0.25) is 0 Å². The number of benzene rings is 3.